The number of ether oxygens (including phenoxy) is 1. The summed E-state index contributed by atoms with van der Waals surface area (Å²) in [5, 5.41) is 15.0. The summed E-state index contributed by atoms with van der Waals surface area (Å²) in [6, 6.07) is 19.3. The molecule has 294 valence electrons. The van der Waals surface area contributed by atoms with E-state index in [2.05, 4.69) is 31.4 Å². The molecule has 2 aliphatic carbocycles. The number of carbonyl (C=O) groups is 5. The molecule has 0 aromatic heterocycles. The number of halogens is 1. The van der Waals surface area contributed by atoms with Crippen LogP contribution in [0.15, 0.2) is 60.7 Å². The number of amides is 5. The lowest BCUT2D eigenvalue weighted by Gasteiger charge is -2.60. The van der Waals surface area contributed by atoms with Crippen molar-refractivity contribution in [1.29, 1.82) is 5.26 Å². The Kier molecular flexibility index (Phi) is 9.65. The second-order valence-electron chi connectivity index (χ2n) is 16.3. The van der Waals surface area contributed by atoms with E-state index in [1.165, 1.54) is 0 Å². The third-order valence-corrected chi connectivity index (χ3v) is 13.4. The van der Waals surface area contributed by atoms with E-state index in [1.807, 2.05) is 30.3 Å². The predicted molar refractivity (Wildman–Crippen MR) is 211 cm³/mol. The number of piperazine rings is 1. The van der Waals surface area contributed by atoms with Crippen molar-refractivity contribution in [3.05, 3.63) is 87.9 Å². The van der Waals surface area contributed by atoms with Crippen molar-refractivity contribution in [3.63, 3.8) is 0 Å². The van der Waals surface area contributed by atoms with Crippen molar-refractivity contribution in [3.8, 4) is 11.8 Å². The van der Waals surface area contributed by atoms with Crippen LogP contribution >= 0.6 is 11.6 Å². The van der Waals surface area contributed by atoms with E-state index in [4.69, 9.17) is 16.3 Å². The largest absolute Gasteiger partial charge is 0.468 e. The molecule has 4 heterocycles. The Hall–Kier alpha value is -5.45. The van der Waals surface area contributed by atoms with E-state index < -0.39 is 35.4 Å². The summed E-state index contributed by atoms with van der Waals surface area (Å²) in [7, 11) is 0. The van der Waals surface area contributed by atoms with E-state index in [0.29, 0.717) is 44.9 Å². The third-order valence-electron chi connectivity index (χ3n) is 13.1. The molecular weight excluding hydrogens is 746 g/mol. The van der Waals surface area contributed by atoms with Crippen LogP contribution in [0.2, 0.25) is 5.02 Å². The van der Waals surface area contributed by atoms with Gasteiger partial charge in [-0.1, -0.05) is 11.6 Å². The average molecular weight is 790 g/mol. The van der Waals surface area contributed by atoms with Crippen LogP contribution in [0.4, 0.5) is 11.4 Å². The molecule has 14 heteroatoms. The number of imide groups is 2. The molecule has 0 bridgehead atoms. The number of piperidine rings is 2. The average Bonchev–Trinajstić information content (AvgIpc) is 3.45. The predicted octanol–water partition coefficient (Wildman–Crippen LogP) is 4.59. The second-order valence-corrected chi connectivity index (χ2v) is 16.7. The fourth-order valence-electron chi connectivity index (χ4n) is 9.63. The van der Waals surface area contributed by atoms with Crippen LogP contribution in [0.25, 0.3) is 0 Å². The van der Waals surface area contributed by atoms with Gasteiger partial charge in [0.05, 0.1) is 21.7 Å². The molecule has 2 N–H and O–H groups in total. The number of hydrogen-bond acceptors (Lipinski definition) is 10. The van der Waals surface area contributed by atoms with Crippen LogP contribution in [0.3, 0.4) is 0 Å². The van der Waals surface area contributed by atoms with Crippen molar-refractivity contribution >= 4 is 52.5 Å². The molecule has 2 saturated carbocycles. The van der Waals surface area contributed by atoms with E-state index in [9.17, 15) is 29.2 Å². The van der Waals surface area contributed by atoms with E-state index in [0.717, 1.165) is 94.2 Å². The fourth-order valence-corrected chi connectivity index (χ4v) is 9.84. The fraction of sp³-hybridized carbons (Fsp3) is 0.442. The quantitative estimate of drug-likeness (QED) is 0.233. The molecule has 0 radical (unpaired) electrons. The monoisotopic (exact) mass is 789 g/mol. The molecule has 57 heavy (non-hydrogen) atoms. The lowest BCUT2D eigenvalue weighted by atomic mass is 9.54. The lowest BCUT2D eigenvalue weighted by molar-refractivity contribution is -0.181. The van der Waals surface area contributed by atoms with Gasteiger partial charge in [-0.3, -0.25) is 39.1 Å². The minimum atomic E-state index is -0.972. The number of hydrogen-bond donors (Lipinski definition) is 2. The van der Waals surface area contributed by atoms with Crippen LogP contribution in [0, 0.1) is 29.1 Å². The molecule has 4 unspecified atom stereocenters. The van der Waals surface area contributed by atoms with Gasteiger partial charge in [-0.05, 0) is 98.5 Å². The summed E-state index contributed by atoms with van der Waals surface area (Å²) in [6.45, 7) is 6.43. The highest BCUT2D eigenvalue weighted by Crippen LogP contribution is 2.57. The first-order valence-electron chi connectivity index (χ1n) is 20.0. The van der Waals surface area contributed by atoms with Crippen LogP contribution < -0.4 is 25.2 Å². The molecule has 0 spiro atoms. The standard InChI is InChI=1S/C43H44ClN7O6/c44-36-22-32(8-3-29(36)24-45)57-43(23-28-4-10-35(28)43)47-39(53)27-1-5-30(6-2-27)50-19-17-48(18-20-50)25-26-13-15-49(16-14-26)31-7-9-33-34(21-31)42(56)51(41(33)55)37-11-12-38(52)46-40(37)54/h1-3,5-9,21-22,26,28,35,37H,4,10-20,23,25H2,(H,47,53)(H,46,52,54). The number of rotatable bonds is 9. The highest BCUT2D eigenvalue weighted by Gasteiger charge is 2.61. The first kappa shape index (κ1) is 37.1. The van der Waals surface area contributed by atoms with Crippen molar-refractivity contribution in [2.75, 3.05) is 55.6 Å². The minimum Gasteiger partial charge on any atom is -0.468 e. The molecule has 3 saturated heterocycles. The van der Waals surface area contributed by atoms with Crippen LogP contribution in [-0.2, 0) is 9.59 Å². The molecule has 6 aliphatic rings. The number of nitriles is 1. The number of nitrogens with one attached hydrogen (secondary N) is 2. The molecule has 4 aliphatic heterocycles. The van der Waals surface area contributed by atoms with Crippen molar-refractivity contribution in [1.82, 2.24) is 20.4 Å². The zero-order chi connectivity index (χ0) is 39.4. The molecule has 3 aromatic rings. The maximum absolute atomic E-state index is 13.5. The first-order valence-corrected chi connectivity index (χ1v) is 20.4. The molecule has 5 fully saturated rings. The van der Waals surface area contributed by atoms with Gasteiger partial charge in [-0.25, -0.2) is 0 Å². The molecule has 13 nitrogen and oxygen atoms in total. The smallest absolute Gasteiger partial charge is 0.262 e. The highest BCUT2D eigenvalue weighted by atomic mass is 35.5. The van der Waals surface area contributed by atoms with Crippen LogP contribution in [0.1, 0.15) is 81.6 Å². The Labute approximate surface area is 335 Å². The molecule has 5 amide bonds. The van der Waals surface area contributed by atoms with E-state index >= 15 is 0 Å². The van der Waals surface area contributed by atoms with Gasteiger partial charge in [0.15, 0.2) is 5.72 Å². The van der Waals surface area contributed by atoms with Crippen molar-refractivity contribution < 1.29 is 28.7 Å². The summed E-state index contributed by atoms with van der Waals surface area (Å²) in [5.41, 5.74) is 2.78. The number of benzene rings is 3. The summed E-state index contributed by atoms with van der Waals surface area (Å²) in [4.78, 5) is 72.2. The molecule has 9 rings (SSSR count). The second kappa shape index (κ2) is 14.8. The Morgan fingerprint density at radius 2 is 1.56 bits per heavy atom. The number of carbonyl (C=O) groups excluding carboxylic acids is 5. The van der Waals surface area contributed by atoms with Gasteiger partial charge < -0.3 is 19.9 Å². The van der Waals surface area contributed by atoms with Gasteiger partial charge in [0.2, 0.25) is 11.8 Å². The maximum Gasteiger partial charge on any atom is 0.262 e. The Balaban J connectivity index is 0.746. The maximum atomic E-state index is 13.5. The van der Waals surface area contributed by atoms with Gasteiger partial charge in [0.1, 0.15) is 17.9 Å². The van der Waals surface area contributed by atoms with Crippen LogP contribution in [0.5, 0.6) is 5.75 Å². The van der Waals surface area contributed by atoms with Crippen molar-refractivity contribution in [2.45, 2.75) is 56.7 Å². The summed E-state index contributed by atoms with van der Waals surface area (Å²) < 4.78 is 6.42. The zero-order valence-corrected chi connectivity index (χ0v) is 32.3. The molecule has 4 atom stereocenters. The number of anilines is 2. The van der Waals surface area contributed by atoms with Crippen LogP contribution in [-0.4, -0.2) is 96.9 Å². The van der Waals surface area contributed by atoms with Gasteiger partial charge in [-0.2, -0.15) is 5.26 Å². The lowest BCUT2D eigenvalue weighted by Crippen LogP contribution is -2.71. The molecular formula is C43H44ClN7O6. The zero-order valence-electron chi connectivity index (χ0n) is 31.5. The summed E-state index contributed by atoms with van der Waals surface area (Å²) in [6.07, 6.45) is 5.15. The number of fused-ring (bicyclic) bond motifs is 2. The number of nitrogens with zero attached hydrogens (tertiary/aromatic N) is 5. The topological polar surface area (TPSA) is 155 Å². The first-order chi connectivity index (χ1) is 27.6. The SMILES string of the molecule is N#Cc1ccc(OC2(NC(=O)c3ccc(N4CCN(CC5CCN(c6ccc7c(c6)C(=O)N(C6CCC(=O)NC6=O)C7=O)CC5)CC4)cc3)CC3CCC32)cc1Cl. The van der Waals surface area contributed by atoms with Gasteiger partial charge in [0, 0.05) is 87.6 Å². The summed E-state index contributed by atoms with van der Waals surface area (Å²) >= 11 is 6.27. The minimum absolute atomic E-state index is 0.0921. The van der Waals surface area contributed by atoms with E-state index in [1.54, 1.807) is 30.3 Å². The Bertz CT molecular complexity index is 2190. The van der Waals surface area contributed by atoms with Gasteiger partial charge in [0.25, 0.3) is 17.7 Å². The third kappa shape index (κ3) is 6.89. The Morgan fingerprint density at radius 1 is 0.842 bits per heavy atom. The highest BCUT2D eigenvalue weighted by molar-refractivity contribution is 6.31. The Morgan fingerprint density at radius 3 is 2.21 bits per heavy atom. The normalized spacial score (nSPS) is 26.2. The van der Waals surface area contributed by atoms with E-state index in [-0.39, 0.29) is 24.7 Å². The van der Waals surface area contributed by atoms with Crippen molar-refractivity contribution in [2.24, 2.45) is 17.8 Å². The molecule has 3 aromatic carbocycles. The van der Waals surface area contributed by atoms with Gasteiger partial charge >= 0.3 is 0 Å². The van der Waals surface area contributed by atoms with Gasteiger partial charge in [-0.15, -0.1) is 0 Å². The summed E-state index contributed by atoms with van der Waals surface area (Å²) in [5.74, 6) is -0.236.